The Bertz CT molecular complexity index is 622. The van der Waals surface area contributed by atoms with Gasteiger partial charge in [-0.3, -0.25) is 0 Å². The van der Waals surface area contributed by atoms with Gasteiger partial charge < -0.3 is 19.7 Å². The number of benzene rings is 1. The van der Waals surface area contributed by atoms with Gasteiger partial charge in [0.25, 0.3) is 5.89 Å². The number of hydrogen-bond acceptors (Lipinski definition) is 6. The van der Waals surface area contributed by atoms with Gasteiger partial charge in [0.05, 0.1) is 5.54 Å². The fourth-order valence-electron chi connectivity index (χ4n) is 1.91. The average molecular weight is 275 g/mol. The molecule has 2 N–H and O–H groups in total. The fourth-order valence-corrected chi connectivity index (χ4v) is 1.91. The van der Waals surface area contributed by atoms with Crippen LogP contribution in [0, 0.1) is 0 Å². The van der Waals surface area contributed by atoms with Gasteiger partial charge in [-0.15, -0.1) is 0 Å². The van der Waals surface area contributed by atoms with Gasteiger partial charge in [-0.25, -0.2) is 0 Å². The molecule has 2 aromatic rings. The molecule has 6 heteroatoms. The highest BCUT2D eigenvalue weighted by Gasteiger charge is 2.26. The second-order valence-corrected chi connectivity index (χ2v) is 5.05. The number of aromatic nitrogens is 2. The zero-order chi connectivity index (χ0) is 14.2. The van der Waals surface area contributed by atoms with Gasteiger partial charge in [0.15, 0.2) is 17.3 Å². The third-order valence-electron chi connectivity index (χ3n) is 3.46. The third kappa shape index (κ3) is 2.22. The van der Waals surface area contributed by atoms with Crippen molar-refractivity contribution in [1.82, 2.24) is 10.1 Å². The summed E-state index contributed by atoms with van der Waals surface area (Å²) in [5.74, 6) is 2.36. The first-order chi connectivity index (χ1) is 9.60. The molecule has 1 aromatic heterocycles. The van der Waals surface area contributed by atoms with E-state index in [1.807, 2.05) is 32.0 Å². The highest BCUT2D eigenvalue weighted by molar-refractivity contribution is 5.60. The van der Waals surface area contributed by atoms with E-state index >= 15 is 0 Å². The minimum absolute atomic E-state index is 0.432. The summed E-state index contributed by atoms with van der Waals surface area (Å²) in [5, 5.41) is 3.96. The molecule has 106 valence electrons. The van der Waals surface area contributed by atoms with E-state index in [2.05, 4.69) is 10.1 Å². The van der Waals surface area contributed by atoms with Gasteiger partial charge in [-0.1, -0.05) is 12.1 Å². The maximum absolute atomic E-state index is 6.11. The van der Waals surface area contributed by atoms with Gasteiger partial charge in [-0.05, 0) is 31.5 Å². The Morgan fingerprint density at radius 1 is 1.25 bits per heavy atom. The van der Waals surface area contributed by atoms with Crippen molar-refractivity contribution >= 4 is 0 Å². The number of ether oxygens (including phenoxy) is 2. The third-order valence-corrected chi connectivity index (χ3v) is 3.46. The second kappa shape index (κ2) is 4.79. The molecule has 1 aliphatic heterocycles. The van der Waals surface area contributed by atoms with Gasteiger partial charge in [-0.2, -0.15) is 4.98 Å². The van der Waals surface area contributed by atoms with Crippen LogP contribution in [0.4, 0.5) is 0 Å². The van der Waals surface area contributed by atoms with Crippen LogP contribution in [0.3, 0.4) is 0 Å². The predicted molar refractivity (Wildman–Crippen MR) is 72.6 cm³/mol. The Morgan fingerprint density at radius 3 is 2.75 bits per heavy atom. The van der Waals surface area contributed by atoms with Crippen molar-refractivity contribution in [2.75, 3.05) is 13.2 Å². The van der Waals surface area contributed by atoms with Crippen LogP contribution in [0.15, 0.2) is 22.7 Å². The Labute approximate surface area is 116 Å². The molecule has 0 amide bonds. The van der Waals surface area contributed by atoms with Crippen LogP contribution in [0.2, 0.25) is 0 Å². The van der Waals surface area contributed by atoms with Gasteiger partial charge in [0.2, 0.25) is 0 Å². The molecule has 1 aromatic carbocycles. The fraction of sp³-hybridized carbons (Fsp3) is 0.429. The number of rotatable bonds is 3. The lowest BCUT2D eigenvalue weighted by atomic mass is 10.00. The lowest BCUT2D eigenvalue weighted by Gasteiger charge is -2.18. The first-order valence-corrected chi connectivity index (χ1v) is 6.63. The monoisotopic (exact) mass is 275 g/mol. The normalized spacial score (nSPS) is 16.8. The first-order valence-electron chi connectivity index (χ1n) is 6.63. The van der Waals surface area contributed by atoms with Crippen LogP contribution in [0.5, 0.6) is 11.5 Å². The molecule has 20 heavy (non-hydrogen) atoms. The summed E-state index contributed by atoms with van der Waals surface area (Å²) < 4.78 is 16.3. The van der Waals surface area contributed by atoms with Crippen molar-refractivity contribution < 1.29 is 14.0 Å². The molecule has 0 saturated heterocycles. The summed E-state index contributed by atoms with van der Waals surface area (Å²) in [6, 6.07) is 5.55. The molecule has 0 bridgehead atoms. The summed E-state index contributed by atoms with van der Waals surface area (Å²) in [4.78, 5) is 4.37. The topological polar surface area (TPSA) is 83.4 Å². The minimum Gasteiger partial charge on any atom is -0.486 e. The Kier molecular flexibility index (Phi) is 3.10. The standard InChI is InChI=1S/C14H17N3O3/c1-3-14(2,15)13-16-12(20-17-13)9-4-5-10-11(8-9)19-7-6-18-10/h4-5,8H,3,6-7,15H2,1-2H3. The molecule has 1 unspecified atom stereocenters. The lowest BCUT2D eigenvalue weighted by Crippen LogP contribution is -2.33. The van der Waals surface area contributed by atoms with E-state index < -0.39 is 5.54 Å². The maximum atomic E-state index is 6.11. The molecule has 0 spiro atoms. The molecular weight excluding hydrogens is 258 g/mol. The minimum atomic E-state index is -0.588. The van der Waals surface area contributed by atoms with Crippen LogP contribution in [0.1, 0.15) is 26.1 Å². The molecular formula is C14H17N3O3. The van der Waals surface area contributed by atoms with Crippen molar-refractivity contribution in [1.29, 1.82) is 0 Å². The van der Waals surface area contributed by atoms with E-state index in [0.717, 1.165) is 17.7 Å². The van der Waals surface area contributed by atoms with Gasteiger partial charge in [0.1, 0.15) is 13.2 Å². The van der Waals surface area contributed by atoms with E-state index in [0.29, 0.717) is 30.7 Å². The summed E-state index contributed by atoms with van der Waals surface area (Å²) in [6.07, 6.45) is 0.729. The molecule has 6 nitrogen and oxygen atoms in total. The first kappa shape index (κ1) is 12.9. The van der Waals surface area contributed by atoms with Gasteiger partial charge in [0, 0.05) is 5.56 Å². The van der Waals surface area contributed by atoms with Crippen molar-refractivity contribution in [3.8, 4) is 23.0 Å². The highest BCUT2D eigenvalue weighted by atomic mass is 16.6. The van der Waals surface area contributed by atoms with Crippen molar-refractivity contribution in [3.05, 3.63) is 24.0 Å². The SMILES string of the molecule is CCC(C)(N)c1noc(-c2ccc3c(c2)OCCO3)n1. The Morgan fingerprint density at radius 2 is 2.00 bits per heavy atom. The largest absolute Gasteiger partial charge is 0.486 e. The van der Waals surface area contributed by atoms with Crippen LogP contribution in [-0.2, 0) is 5.54 Å². The van der Waals surface area contributed by atoms with Crippen LogP contribution >= 0.6 is 0 Å². The van der Waals surface area contributed by atoms with Crippen LogP contribution < -0.4 is 15.2 Å². The van der Waals surface area contributed by atoms with E-state index in [9.17, 15) is 0 Å². The molecule has 3 rings (SSSR count). The van der Waals surface area contributed by atoms with Gasteiger partial charge >= 0.3 is 0 Å². The molecule has 1 aliphatic rings. The molecule has 0 radical (unpaired) electrons. The van der Waals surface area contributed by atoms with Crippen LogP contribution in [-0.4, -0.2) is 23.4 Å². The molecule has 0 saturated carbocycles. The summed E-state index contributed by atoms with van der Waals surface area (Å²) in [5.41, 5.74) is 6.31. The summed E-state index contributed by atoms with van der Waals surface area (Å²) >= 11 is 0. The predicted octanol–water partition coefficient (Wildman–Crippen LogP) is 2.09. The second-order valence-electron chi connectivity index (χ2n) is 5.05. The summed E-state index contributed by atoms with van der Waals surface area (Å²) in [7, 11) is 0. The van der Waals surface area contributed by atoms with Crippen LogP contribution in [0.25, 0.3) is 11.5 Å². The zero-order valence-corrected chi connectivity index (χ0v) is 11.5. The number of nitrogens with two attached hydrogens (primary N) is 1. The lowest BCUT2D eigenvalue weighted by molar-refractivity contribution is 0.171. The number of hydrogen-bond donors (Lipinski definition) is 1. The molecule has 0 fully saturated rings. The van der Waals surface area contributed by atoms with E-state index in [1.165, 1.54) is 0 Å². The maximum Gasteiger partial charge on any atom is 0.258 e. The molecule has 1 atom stereocenters. The Balaban J connectivity index is 1.94. The van der Waals surface area contributed by atoms with Crippen molar-refractivity contribution in [3.63, 3.8) is 0 Å². The smallest absolute Gasteiger partial charge is 0.258 e. The number of fused-ring (bicyclic) bond motifs is 1. The van der Waals surface area contributed by atoms with Crippen molar-refractivity contribution in [2.24, 2.45) is 5.73 Å². The quantitative estimate of drug-likeness (QED) is 0.923. The van der Waals surface area contributed by atoms with E-state index in [1.54, 1.807) is 0 Å². The average Bonchev–Trinajstić information content (AvgIpc) is 2.97. The molecule has 2 heterocycles. The zero-order valence-electron chi connectivity index (χ0n) is 11.5. The van der Waals surface area contributed by atoms with E-state index in [4.69, 9.17) is 19.7 Å². The highest BCUT2D eigenvalue weighted by Crippen LogP contribution is 2.34. The van der Waals surface area contributed by atoms with E-state index in [-0.39, 0.29) is 0 Å². The summed E-state index contributed by atoms with van der Waals surface area (Å²) in [6.45, 7) is 4.98. The molecule has 0 aliphatic carbocycles. The number of nitrogens with zero attached hydrogens (tertiary/aromatic N) is 2. The van der Waals surface area contributed by atoms with Crippen molar-refractivity contribution in [2.45, 2.75) is 25.8 Å². The Hall–Kier alpha value is -2.08.